The second-order valence-corrected chi connectivity index (χ2v) is 9.98. The smallest absolute Gasteiger partial charge is 0.368 e. The molecule has 202 valence electrons. The van der Waals surface area contributed by atoms with Gasteiger partial charge in [0.1, 0.15) is 0 Å². The van der Waals surface area contributed by atoms with Gasteiger partial charge in [0.15, 0.2) is 0 Å². The minimum Gasteiger partial charge on any atom is -0.368 e. The number of ether oxygens (including phenoxy) is 1. The van der Waals surface area contributed by atoms with E-state index in [0.717, 1.165) is 29.7 Å². The van der Waals surface area contributed by atoms with Crippen molar-refractivity contribution in [2.45, 2.75) is 38.1 Å². The van der Waals surface area contributed by atoms with E-state index in [-0.39, 0.29) is 24.5 Å². The van der Waals surface area contributed by atoms with Crippen LogP contribution in [-0.2, 0) is 22.3 Å². The number of amides is 1. The van der Waals surface area contributed by atoms with E-state index < -0.39 is 11.7 Å². The van der Waals surface area contributed by atoms with Crippen LogP contribution in [-0.4, -0.2) is 48.4 Å². The summed E-state index contributed by atoms with van der Waals surface area (Å²) in [6.45, 7) is 5.51. The highest BCUT2D eigenvalue weighted by Gasteiger charge is 2.30. The Morgan fingerprint density at radius 2 is 1.53 bits per heavy atom. The van der Waals surface area contributed by atoms with Gasteiger partial charge < -0.3 is 9.64 Å². The molecule has 0 aliphatic carbocycles. The Hall–Kier alpha value is -2.87. The largest absolute Gasteiger partial charge is 0.416 e. The van der Waals surface area contributed by atoms with Crippen LogP contribution in [0.15, 0.2) is 78.9 Å². The van der Waals surface area contributed by atoms with E-state index in [1.54, 1.807) is 12.1 Å². The summed E-state index contributed by atoms with van der Waals surface area (Å²) in [6, 6.07) is 22.4. The maximum Gasteiger partial charge on any atom is 0.416 e. The van der Waals surface area contributed by atoms with Crippen molar-refractivity contribution in [2.24, 2.45) is 0 Å². The van der Waals surface area contributed by atoms with Gasteiger partial charge >= 0.3 is 6.18 Å². The molecular weight excluding hydrogens is 513 g/mol. The van der Waals surface area contributed by atoms with Crippen LogP contribution in [0, 0.1) is 0 Å². The molecule has 0 N–H and O–H groups in total. The monoisotopic (exact) mass is 544 g/mol. The van der Waals surface area contributed by atoms with E-state index in [1.165, 1.54) is 12.1 Å². The van der Waals surface area contributed by atoms with Gasteiger partial charge in [-0.2, -0.15) is 13.2 Å². The number of carbonyl (C=O) groups is 1. The van der Waals surface area contributed by atoms with Gasteiger partial charge in [-0.25, -0.2) is 0 Å². The molecule has 1 fully saturated rings. The lowest BCUT2D eigenvalue weighted by Crippen LogP contribution is -2.50. The maximum absolute atomic E-state index is 13.3. The average Bonchev–Trinajstić information content (AvgIpc) is 2.92. The quantitative estimate of drug-likeness (QED) is 0.292. The Kier molecular flexibility index (Phi) is 9.47. The van der Waals surface area contributed by atoms with Crippen molar-refractivity contribution < 1.29 is 22.7 Å². The lowest BCUT2D eigenvalue weighted by Gasteiger charge is -2.38. The highest BCUT2D eigenvalue weighted by molar-refractivity contribution is 6.30. The van der Waals surface area contributed by atoms with Gasteiger partial charge in [0.05, 0.1) is 24.2 Å². The fraction of sp³-hybridized carbons (Fsp3) is 0.367. The molecular formula is C30H32ClF3N2O2. The summed E-state index contributed by atoms with van der Waals surface area (Å²) in [6.07, 6.45) is -3.92. The number of rotatable bonds is 9. The van der Waals surface area contributed by atoms with Crippen LogP contribution >= 0.6 is 11.6 Å². The summed E-state index contributed by atoms with van der Waals surface area (Å²) in [5.74, 6) is 0.0165. The Labute approximate surface area is 227 Å². The molecule has 1 aliphatic rings. The summed E-state index contributed by atoms with van der Waals surface area (Å²) in [7, 11) is 0. The first-order valence-corrected chi connectivity index (χ1v) is 13.2. The van der Waals surface area contributed by atoms with Gasteiger partial charge in [-0.05, 0) is 47.4 Å². The third-order valence-corrected chi connectivity index (χ3v) is 7.24. The molecule has 4 rings (SSSR count). The molecule has 1 heterocycles. The molecule has 3 aromatic carbocycles. The van der Waals surface area contributed by atoms with Gasteiger partial charge in [0.25, 0.3) is 0 Å². The molecule has 1 amide bonds. The maximum atomic E-state index is 13.3. The van der Waals surface area contributed by atoms with Crippen molar-refractivity contribution in [1.82, 2.24) is 9.80 Å². The minimum atomic E-state index is -4.37. The summed E-state index contributed by atoms with van der Waals surface area (Å²) in [4.78, 5) is 17.5. The number of hydrogen-bond donors (Lipinski definition) is 0. The Morgan fingerprint density at radius 3 is 2.11 bits per heavy atom. The van der Waals surface area contributed by atoms with Gasteiger partial charge in [-0.3, -0.25) is 9.69 Å². The highest BCUT2D eigenvalue weighted by Crippen LogP contribution is 2.30. The molecule has 3 aromatic rings. The van der Waals surface area contributed by atoms with E-state index >= 15 is 0 Å². The summed E-state index contributed by atoms with van der Waals surface area (Å²) in [5.41, 5.74) is 1.97. The van der Waals surface area contributed by atoms with E-state index in [0.29, 0.717) is 43.3 Å². The van der Waals surface area contributed by atoms with Crippen molar-refractivity contribution in [2.75, 3.05) is 32.7 Å². The summed E-state index contributed by atoms with van der Waals surface area (Å²) < 4.78 is 44.9. The number of benzene rings is 3. The lowest BCUT2D eigenvalue weighted by atomic mass is 9.95. The fourth-order valence-electron chi connectivity index (χ4n) is 4.76. The molecule has 0 aromatic heterocycles. The SMILES string of the molecule is CC[C@H](C(=O)N1CCN(C[C@@H](OCc2ccc(C(F)(F)F)cc2)c2ccc(Cl)cc2)CC1)c1ccccc1. The van der Waals surface area contributed by atoms with E-state index in [2.05, 4.69) is 4.90 Å². The second-order valence-electron chi connectivity index (χ2n) is 9.54. The number of piperazine rings is 1. The number of carbonyl (C=O) groups excluding carboxylic acids is 1. The molecule has 1 saturated heterocycles. The molecule has 0 bridgehead atoms. The van der Waals surface area contributed by atoms with Crippen molar-refractivity contribution in [1.29, 1.82) is 0 Å². The molecule has 0 unspecified atom stereocenters. The van der Waals surface area contributed by atoms with Crippen molar-refractivity contribution in [3.63, 3.8) is 0 Å². The zero-order valence-electron chi connectivity index (χ0n) is 21.3. The third kappa shape index (κ3) is 7.37. The number of alkyl halides is 3. The van der Waals surface area contributed by atoms with E-state index in [9.17, 15) is 18.0 Å². The zero-order chi connectivity index (χ0) is 27.1. The highest BCUT2D eigenvalue weighted by atomic mass is 35.5. The third-order valence-electron chi connectivity index (χ3n) is 6.99. The Bertz CT molecular complexity index is 1160. The van der Waals surface area contributed by atoms with Crippen LogP contribution in [0.1, 0.15) is 47.6 Å². The zero-order valence-corrected chi connectivity index (χ0v) is 22.1. The van der Waals surface area contributed by atoms with Gasteiger partial charge in [-0.15, -0.1) is 0 Å². The number of halogens is 4. The molecule has 0 saturated carbocycles. The first kappa shape index (κ1) is 28.1. The lowest BCUT2D eigenvalue weighted by molar-refractivity contribution is -0.137. The second kappa shape index (κ2) is 12.8. The molecule has 1 aliphatic heterocycles. The first-order chi connectivity index (χ1) is 18.2. The number of hydrogen-bond acceptors (Lipinski definition) is 3. The minimum absolute atomic E-state index is 0.142. The molecule has 2 atom stereocenters. The van der Waals surface area contributed by atoms with Gasteiger partial charge in [-0.1, -0.05) is 73.1 Å². The van der Waals surface area contributed by atoms with Crippen molar-refractivity contribution >= 4 is 17.5 Å². The normalized spacial score (nSPS) is 16.3. The average molecular weight is 545 g/mol. The molecule has 38 heavy (non-hydrogen) atoms. The van der Waals surface area contributed by atoms with Crippen LogP contribution in [0.2, 0.25) is 5.02 Å². The van der Waals surface area contributed by atoms with Crippen molar-refractivity contribution in [3.05, 3.63) is 106 Å². The molecule has 8 heteroatoms. The standard InChI is InChI=1S/C30H32ClF3N2O2/c1-2-27(23-6-4-3-5-7-23)29(37)36-18-16-35(17-19-36)20-28(24-10-14-26(31)15-11-24)38-21-22-8-12-25(13-9-22)30(32,33)34/h3-15,27-28H,2,16-21H2,1H3/t27-,28+/m0/s1. The summed E-state index contributed by atoms with van der Waals surface area (Å²) >= 11 is 6.08. The fourth-order valence-corrected chi connectivity index (χ4v) is 4.89. The van der Waals surface area contributed by atoms with E-state index in [4.69, 9.17) is 16.3 Å². The number of nitrogens with zero attached hydrogens (tertiary/aromatic N) is 2. The van der Waals surface area contributed by atoms with Crippen LogP contribution < -0.4 is 0 Å². The predicted molar refractivity (Wildman–Crippen MR) is 143 cm³/mol. The first-order valence-electron chi connectivity index (χ1n) is 12.8. The van der Waals surface area contributed by atoms with Crippen LogP contribution in [0.5, 0.6) is 0 Å². The Balaban J connectivity index is 1.38. The molecule has 4 nitrogen and oxygen atoms in total. The van der Waals surface area contributed by atoms with Crippen LogP contribution in [0.3, 0.4) is 0 Å². The topological polar surface area (TPSA) is 32.8 Å². The van der Waals surface area contributed by atoms with Crippen LogP contribution in [0.25, 0.3) is 0 Å². The molecule has 0 spiro atoms. The van der Waals surface area contributed by atoms with Crippen molar-refractivity contribution in [3.8, 4) is 0 Å². The van der Waals surface area contributed by atoms with Gasteiger partial charge in [0.2, 0.25) is 5.91 Å². The molecule has 0 radical (unpaired) electrons. The van der Waals surface area contributed by atoms with E-state index in [1.807, 2.05) is 54.3 Å². The van der Waals surface area contributed by atoms with Crippen LogP contribution in [0.4, 0.5) is 13.2 Å². The summed E-state index contributed by atoms with van der Waals surface area (Å²) in [5, 5.41) is 0.617. The predicted octanol–water partition coefficient (Wildman–Crippen LogP) is 6.95. The Morgan fingerprint density at radius 1 is 0.895 bits per heavy atom. The van der Waals surface area contributed by atoms with Gasteiger partial charge in [0, 0.05) is 37.7 Å².